The van der Waals surface area contributed by atoms with E-state index in [4.69, 9.17) is 19.0 Å². The van der Waals surface area contributed by atoms with Gasteiger partial charge in [-0.25, -0.2) is 5.06 Å². The Bertz CT molecular complexity index is 640. The minimum atomic E-state index is -0.197. The third-order valence-corrected chi connectivity index (χ3v) is 3.99. The predicted octanol–water partition coefficient (Wildman–Crippen LogP) is 2.53. The number of hydroxylamine groups is 2. The lowest BCUT2D eigenvalue weighted by Crippen LogP contribution is -2.24. The van der Waals surface area contributed by atoms with Crippen molar-refractivity contribution in [3.63, 3.8) is 0 Å². The largest absolute Gasteiger partial charge is 0.493 e. The van der Waals surface area contributed by atoms with Crippen molar-refractivity contribution in [2.45, 2.75) is 0 Å². The van der Waals surface area contributed by atoms with E-state index in [1.165, 1.54) is 23.5 Å². The third kappa shape index (κ3) is 3.26. The first-order chi connectivity index (χ1) is 10.1. The summed E-state index contributed by atoms with van der Waals surface area (Å²) in [6, 6.07) is 5.47. The average molecular weight is 311 g/mol. The number of nitrogens with zero attached hydrogens (tertiary/aromatic N) is 1. The number of carbonyl (C=O) groups is 1. The minimum absolute atomic E-state index is 0.129. The van der Waals surface area contributed by atoms with Crippen molar-refractivity contribution in [3.8, 4) is 11.5 Å². The van der Waals surface area contributed by atoms with Gasteiger partial charge in [0.1, 0.15) is 0 Å². The number of amides is 1. The van der Waals surface area contributed by atoms with E-state index in [-0.39, 0.29) is 12.7 Å². The molecule has 1 aromatic carbocycles. The smallest absolute Gasteiger partial charge is 0.287 e. The number of methoxy groups -OCH3 is 2. The van der Waals surface area contributed by atoms with Crippen molar-refractivity contribution in [2.24, 2.45) is 0 Å². The molecule has 2 aromatic rings. The Balaban J connectivity index is 2.40. The molecule has 1 heterocycles. The van der Waals surface area contributed by atoms with Gasteiger partial charge in [-0.2, -0.15) is 0 Å². The van der Waals surface area contributed by atoms with Crippen LogP contribution in [0, 0.1) is 0 Å². The zero-order valence-electron chi connectivity index (χ0n) is 12.3. The van der Waals surface area contributed by atoms with Crippen LogP contribution >= 0.6 is 11.3 Å². The van der Waals surface area contributed by atoms with Gasteiger partial charge in [-0.1, -0.05) is 0 Å². The fraction of sp³-hybridized carbons (Fsp3) is 0.357. The molecular weight excluding hydrogens is 294 g/mol. The monoisotopic (exact) mass is 311 g/mol. The third-order valence-electron chi connectivity index (χ3n) is 2.91. The number of hydrogen-bond donors (Lipinski definition) is 0. The highest BCUT2D eigenvalue weighted by molar-refractivity contribution is 7.20. The highest BCUT2D eigenvalue weighted by atomic mass is 32.1. The first-order valence-electron chi connectivity index (χ1n) is 6.16. The molecule has 2 rings (SSSR count). The SMILES string of the molecule is COCOc1cc2cc(C(=O)N(C)OC)sc2cc1OC. The van der Waals surface area contributed by atoms with Crippen LogP contribution in [0.25, 0.3) is 10.1 Å². The summed E-state index contributed by atoms with van der Waals surface area (Å²) in [5, 5.41) is 2.09. The molecule has 7 heteroatoms. The highest BCUT2D eigenvalue weighted by Gasteiger charge is 2.16. The fourth-order valence-electron chi connectivity index (χ4n) is 1.79. The van der Waals surface area contributed by atoms with Gasteiger partial charge in [0.25, 0.3) is 5.91 Å². The molecule has 1 amide bonds. The fourth-order valence-corrected chi connectivity index (χ4v) is 2.83. The second-order valence-electron chi connectivity index (χ2n) is 4.19. The molecule has 0 radical (unpaired) electrons. The molecule has 0 aliphatic heterocycles. The van der Waals surface area contributed by atoms with Crippen molar-refractivity contribution in [3.05, 3.63) is 23.1 Å². The molecule has 1 aromatic heterocycles. The number of fused-ring (bicyclic) bond motifs is 1. The van der Waals surface area contributed by atoms with E-state index in [1.807, 2.05) is 12.1 Å². The summed E-state index contributed by atoms with van der Waals surface area (Å²) in [6.07, 6.45) is 0. The number of benzene rings is 1. The van der Waals surface area contributed by atoms with E-state index in [0.717, 1.165) is 10.1 Å². The summed E-state index contributed by atoms with van der Waals surface area (Å²) in [7, 11) is 6.14. The Hall–Kier alpha value is -1.83. The Labute approximate surface area is 126 Å². The molecule has 0 bridgehead atoms. The van der Waals surface area contributed by atoms with Crippen LogP contribution in [0.3, 0.4) is 0 Å². The van der Waals surface area contributed by atoms with Gasteiger partial charge in [-0.15, -0.1) is 11.3 Å². The Morgan fingerprint density at radius 3 is 2.57 bits per heavy atom. The van der Waals surface area contributed by atoms with Gasteiger partial charge in [0.05, 0.1) is 19.1 Å². The maximum atomic E-state index is 12.1. The summed E-state index contributed by atoms with van der Waals surface area (Å²) in [4.78, 5) is 17.6. The van der Waals surface area contributed by atoms with Crippen LogP contribution in [0.15, 0.2) is 18.2 Å². The van der Waals surface area contributed by atoms with Crippen LogP contribution in [0.1, 0.15) is 9.67 Å². The summed E-state index contributed by atoms with van der Waals surface area (Å²) in [5.74, 6) is 0.973. The molecular formula is C14H17NO5S. The molecule has 0 aliphatic carbocycles. The molecule has 0 saturated heterocycles. The summed E-state index contributed by atoms with van der Waals surface area (Å²) >= 11 is 1.37. The van der Waals surface area contributed by atoms with Gasteiger partial charge in [0.2, 0.25) is 0 Å². The van der Waals surface area contributed by atoms with Crippen LogP contribution in [0.4, 0.5) is 0 Å². The van der Waals surface area contributed by atoms with Crippen molar-refractivity contribution in [1.82, 2.24) is 5.06 Å². The lowest BCUT2D eigenvalue weighted by molar-refractivity contribution is -0.0753. The van der Waals surface area contributed by atoms with Crippen molar-refractivity contribution in [1.29, 1.82) is 0 Å². The minimum Gasteiger partial charge on any atom is -0.493 e. The van der Waals surface area contributed by atoms with E-state index >= 15 is 0 Å². The number of thiophene rings is 1. The van der Waals surface area contributed by atoms with E-state index in [9.17, 15) is 4.79 Å². The maximum absolute atomic E-state index is 12.1. The molecule has 0 spiro atoms. The lowest BCUT2D eigenvalue weighted by Gasteiger charge is -2.11. The number of rotatable bonds is 6. The number of carbonyl (C=O) groups excluding carboxylic acids is 1. The molecule has 6 nitrogen and oxygen atoms in total. The topological polar surface area (TPSA) is 57.2 Å². The maximum Gasteiger partial charge on any atom is 0.287 e. The van der Waals surface area contributed by atoms with E-state index in [1.54, 1.807) is 27.3 Å². The Kier molecular flexibility index (Phi) is 5.00. The van der Waals surface area contributed by atoms with Gasteiger partial charge in [0.15, 0.2) is 18.3 Å². The lowest BCUT2D eigenvalue weighted by atomic mass is 10.2. The quantitative estimate of drug-likeness (QED) is 0.606. The van der Waals surface area contributed by atoms with Crippen LogP contribution in [-0.2, 0) is 9.57 Å². The van der Waals surface area contributed by atoms with Crippen molar-refractivity contribution >= 4 is 27.3 Å². The van der Waals surface area contributed by atoms with Gasteiger partial charge in [-0.3, -0.25) is 9.63 Å². The van der Waals surface area contributed by atoms with E-state index < -0.39 is 0 Å². The second kappa shape index (κ2) is 6.75. The van der Waals surface area contributed by atoms with Crippen LogP contribution in [0.5, 0.6) is 11.5 Å². The van der Waals surface area contributed by atoms with Gasteiger partial charge >= 0.3 is 0 Å². The molecule has 21 heavy (non-hydrogen) atoms. The van der Waals surface area contributed by atoms with Crippen LogP contribution in [-0.4, -0.2) is 46.1 Å². The zero-order chi connectivity index (χ0) is 15.4. The molecule has 0 aliphatic rings. The Morgan fingerprint density at radius 1 is 1.19 bits per heavy atom. The first-order valence-corrected chi connectivity index (χ1v) is 6.97. The van der Waals surface area contributed by atoms with Gasteiger partial charge in [0, 0.05) is 24.9 Å². The van der Waals surface area contributed by atoms with Gasteiger partial charge < -0.3 is 14.2 Å². The molecule has 0 unspecified atom stereocenters. The highest BCUT2D eigenvalue weighted by Crippen LogP contribution is 2.36. The summed E-state index contributed by atoms with van der Waals surface area (Å²) in [6.45, 7) is 0.129. The first kappa shape index (κ1) is 15.6. The normalized spacial score (nSPS) is 10.7. The van der Waals surface area contributed by atoms with Crippen molar-refractivity contribution in [2.75, 3.05) is 35.2 Å². The number of hydrogen-bond acceptors (Lipinski definition) is 6. The van der Waals surface area contributed by atoms with Crippen LogP contribution in [0.2, 0.25) is 0 Å². The molecule has 0 saturated carbocycles. The molecule has 0 atom stereocenters. The number of ether oxygens (including phenoxy) is 3. The van der Waals surface area contributed by atoms with E-state index in [2.05, 4.69) is 0 Å². The van der Waals surface area contributed by atoms with Crippen molar-refractivity contribution < 1.29 is 23.8 Å². The summed E-state index contributed by atoms with van der Waals surface area (Å²) in [5.41, 5.74) is 0. The van der Waals surface area contributed by atoms with Crippen LogP contribution < -0.4 is 9.47 Å². The average Bonchev–Trinajstić information content (AvgIpc) is 2.92. The second-order valence-corrected chi connectivity index (χ2v) is 5.27. The molecule has 0 N–H and O–H groups in total. The molecule has 114 valence electrons. The zero-order valence-corrected chi connectivity index (χ0v) is 13.2. The summed E-state index contributed by atoms with van der Waals surface area (Å²) < 4.78 is 16.6. The van der Waals surface area contributed by atoms with Gasteiger partial charge in [-0.05, 0) is 17.5 Å². The van der Waals surface area contributed by atoms with E-state index in [0.29, 0.717) is 16.4 Å². The predicted molar refractivity (Wildman–Crippen MR) is 80.0 cm³/mol. The molecule has 0 fully saturated rings. The Morgan fingerprint density at radius 2 is 1.95 bits per heavy atom. The standard InChI is InChI=1S/C14H17NO5S/c1-15(19-4)14(16)13-6-9-5-11(20-8-17-2)10(18-3)7-12(9)21-13/h5-7H,8H2,1-4H3.